The second kappa shape index (κ2) is 11.0. The zero-order valence-corrected chi connectivity index (χ0v) is 18.4. The number of aliphatic carboxylic acids is 1. The predicted molar refractivity (Wildman–Crippen MR) is 123 cm³/mol. The van der Waals surface area contributed by atoms with Crippen LogP contribution in [0.4, 0.5) is 4.79 Å². The third-order valence-electron chi connectivity index (χ3n) is 5.08. The number of nitrogens with zero attached hydrogens (tertiary/aromatic N) is 1. The van der Waals surface area contributed by atoms with Gasteiger partial charge in [0, 0.05) is 17.9 Å². The van der Waals surface area contributed by atoms with Gasteiger partial charge in [-0.15, -0.1) is 0 Å². The molecule has 3 rings (SSSR count). The Bertz CT molecular complexity index is 915. The molecule has 0 saturated heterocycles. The third kappa shape index (κ3) is 6.59. The summed E-state index contributed by atoms with van der Waals surface area (Å²) in [5.74, 6) is 0.336. The van der Waals surface area contributed by atoms with Gasteiger partial charge in [-0.05, 0) is 54.2 Å². The van der Waals surface area contributed by atoms with E-state index in [0.717, 1.165) is 21.8 Å². The lowest BCUT2D eigenvalue weighted by atomic mass is 10.0. The van der Waals surface area contributed by atoms with Gasteiger partial charge in [0.25, 0.3) is 5.91 Å². The second-order valence-electron chi connectivity index (χ2n) is 7.72. The molecule has 164 valence electrons. The Hall–Kier alpha value is -2.80. The lowest BCUT2D eigenvalue weighted by Gasteiger charge is -2.23. The van der Waals surface area contributed by atoms with E-state index < -0.39 is 23.9 Å². The van der Waals surface area contributed by atoms with Crippen molar-refractivity contribution >= 4 is 29.7 Å². The molecule has 1 aliphatic carbocycles. The van der Waals surface area contributed by atoms with Gasteiger partial charge in [-0.2, -0.15) is 11.8 Å². The van der Waals surface area contributed by atoms with Gasteiger partial charge in [0.05, 0.1) is 0 Å². The fraction of sp³-hybridized carbons (Fsp3) is 0.375. The number of thioether (sulfide) groups is 1. The number of hydrogen-bond acceptors (Lipinski definition) is 4. The highest BCUT2D eigenvalue weighted by Gasteiger charge is 2.28. The Morgan fingerprint density at radius 3 is 2.45 bits per heavy atom. The van der Waals surface area contributed by atoms with Gasteiger partial charge < -0.3 is 10.4 Å². The van der Waals surface area contributed by atoms with Crippen molar-refractivity contribution in [3.63, 3.8) is 0 Å². The first-order valence-electron chi connectivity index (χ1n) is 10.6. The van der Waals surface area contributed by atoms with Crippen LogP contribution in [0.25, 0.3) is 11.1 Å². The second-order valence-corrected chi connectivity index (χ2v) is 8.80. The maximum absolute atomic E-state index is 13.1. The zero-order valence-electron chi connectivity index (χ0n) is 17.6. The topological polar surface area (TPSA) is 86.7 Å². The molecule has 1 atom stereocenters. The molecule has 0 heterocycles. The van der Waals surface area contributed by atoms with Crippen molar-refractivity contribution in [1.29, 1.82) is 0 Å². The molecule has 3 amide bonds. The van der Waals surface area contributed by atoms with Gasteiger partial charge in [0.15, 0.2) is 0 Å². The van der Waals surface area contributed by atoms with Crippen molar-refractivity contribution in [2.45, 2.75) is 32.2 Å². The number of imide groups is 1. The number of carbonyl (C=O) groups excluding carboxylic acids is 2. The van der Waals surface area contributed by atoms with Gasteiger partial charge in [0.1, 0.15) is 6.04 Å². The van der Waals surface area contributed by atoms with Crippen molar-refractivity contribution in [3.8, 4) is 11.1 Å². The van der Waals surface area contributed by atoms with Crippen LogP contribution in [0.5, 0.6) is 0 Å². The van der Waals surface area contributed by atoms with Gasteiger partial charge >= 0.3 is 12.0 Å². The van der Waals surface area contributed by atoms with Gasteiger partial charge in [0.2, 0.25) is 0 Å². The molecule has 2 aromatic carbocycles. The average Bonchev–Trinajstić information content (AvgIpc) is 3.61. The SMILES string of the molecule is CCCN(C(=O)N[C@@H](CSCC1CC1)C(=O)O)C(=O)c1cccc(-c2ccccc2)c1. The smallest absolute Gasteiger partial charge is 0.327 e. The number of carbonyl (C=O) groups is 3. The Balaban J connectivity index is 1.71. The number of rotatable bonds is 10. The molecule has 0 aromatic heterocycles. The normalized spacial score (nSPS) is 14.0. The number of amides is 3. The van der Waals surface area contributed by atoms with E-state index in [9.17, 15) is 19.5 Å². The van der Waals surface area contributed by atoms with Crippen LogP contribution in [-0.2, 0) is 4.79 Å². The fourth-order valence-corrected chi connectivity index (χ4v) is 4.44. The van der Waals surface area contributed by atoms with E-state index in [1.54, 1.807) is 18.2 Å². The minimum atomic E-state index is -1.09. The first-order valence-corrected chi connectivity index (χ1v) is 11.7. The number of carboxylic acid groups (broad SMARTS) is 1. The van der Waals surface area contributed by atoms with Crippen LogP contribution in [0.15, 0.2) is 54.6 Å². The van der Waals surface area contributed by atoms with Crippen LogP contribution in [-0.4, -0.2) is 52.0 Å². The van der Waals surface area contributed by atoms with E-state index in [1.165, 1.54) is 24.6 Å². The van der Waals surface area contributed by atoms with Crippen LogP contribution in [0.1, 0.15) is 36.5 Å². The summed E-state index contributed by atoms with van der Waals surface area (Å²) < 4.78 is 0. The summed E-state index contributed by atoms with van der Waals surface area (Å²) >= 11 is 1.53. The number of urea groups is 1. The molecule has 6 nitrogen and oxygen atoms in total. The fourth-order valence-electron chi connectivity index (χ4n) is 3.18. The summed E-state index contributed by atoms with van der Waals surface area (Å²) in [5, 5.41) is 12.0. The molecule has 0 radical (unpaired) electrons. The molecule has 0 aliphatic heterocycles. The summed E-state index contributed by atoms with van der Waals surface area (Å²) in [6.45, 7) is 2.08. The Morgan fingerprint density at radius 2 is 1.81 bits per heavy atom. The van der Waals surface area contributed by atoms with Gasteiger partial charge in [-0.1, -0.05) is 49.4 Å². The summed E-state index contributed by atoms with van der Waals surface area (Å²) in [6.07, 6.45) is 2.96. The summed E-state index contributed by atoms with van der Waals surface area (Å²) in [6, 6.07) is 15.1. The van der Waals surface area contributed by atoms with Crippen molar-refractivity contribution in [2.75, 3.05) is 18.1 Å². The van der Waals surface area contributed by atoms with Gasteiger partial charge in [-0.3, -0.25) is 9.69 Å². The first-order chi connectivity index (χ1) is 15.0. The number of benzene rings is 2. The maximum Gasteiger partial charge on any atom is 0.327 e. The molecule has 2 N–H and O–H groups in total. The van der Waals surface area contributed by atoms with Crippen molar-refractivity contribution in [3.05, 3.63) is 60.2 Å². The summed E-state index contributed by atoms with van der Waals surface area (Å²) in [4.78, 5) is 38.7. The van der Waals surface area contributed by atoms with Crippen LogP contribution < -0.4 is 5.32 Å². The molecule has 1 fully saturated rings. The first kappa shape index (κ1) is 22.9. The highest BCUT2D eigenvalue weighted by atomic mass is 32.2. The largest absolute Gasteiger partial charge is 0.480 e. The minimum Gasteiger partial charge on any atom is -0.480 e. The summed E-state index contributed by atoms with van der Waals surface area (Å²) in [7, 11) is 0. The molecule has 31 heavy (non-hydrogen) atoms. The lowest BCUT2D eigenvalue weighted by Crippen LogP contribution is -2.51. The molecular formula is C24H28N2O4S. The van der Waals surface area contributed by atoms with Crippen molar-refractivity contribution in [2.24, 2.45) is 5.92 Å². The Labute approximate surface area is 187 Å². The molecule has 1 aliphatic rings. The summed E-state index contributed by atoms with van der Waals surface area (Å²) in [5.41, 5.74) is 2.24. The van der Waals surface area contributed by atoms with Crippen LogP contribution >= 0.6 is 11.8 Å². The quantitative estimate of drug-likeness (QED) is 0.568. The van der Waals surface area contributed by atoms with Gasteiger partial charge in [-0.25, -0.2) is 9.59 Å². The van der Waals surface area contributed by atoms with E-state index in [1.807, 2.05) is 43.3 Å². The molecular weight excluding hydrogens is 412 g/mol. The Morgan fingerprint density at radius 1 is 1.10 bits per heavy atom. The maximum atomic E-state index is 13.1. The average molecular weight is 441 g/mol. The zero-order chi connectivity index (χ0) is 22.2. The monoisotopic (exact) mass is 440 g/mol. The highest BCUT2D eigenvalue weighted by Crippen LogP contribution is 2.32. The molecule has 0 bridgehead atoms. The molecule has 1 saturated carbocycles. The van der Waals surface area contributed by atoms with Crippen LogP contribution in [0.2, 0.25) is 0 Å². The number of nitrogens with one attached hydrogen (secondary N) is 1. The standard InChI is InChI=1S/C24H28N2O4S/c1-2-13-26(24(30)25-21(23(28)29)16-31-15-17-11-12-17)22(27)20-10-6-9-19(14-20)18-7-4-3-5-8-18/h3-10,14,17,21H,2,11-13,15-16H2,1H3,(H,25,30)(H,28,29)/t21-/m0/s1. The third-order valence-corrected chi connectivity index (χ3v) is 6.36. The van der Waals surface area contributed by atoms with E-state index in [2.05, 4.69) is 5.32 Å². The predicted octanol–water partition coefficient (Wildman–Crippen LogP) is 4.51. The molecule has 0 unspecified atom stereocenters. The molecule has 0 spiro atoms. The number of carboxylic acids is 1. The van der Waals surface area contributed by atoms with Crippen molar-refractivity contribution < 1.29 is 19.5 Å². The minimum absolute atomic E-state index is 0.210. The van der Waals surface area contributed by atoms with E-state index in [4.69, 9.17) is 0 Å². The van der Waals surface area contributed by atoms with E-state index >= 15 is 0 Å². The lowest BCUT2D eigenvalue weighted by molar-refractivity contribution is -0.138. The van der Waals surface area contributed by atoms with E-state index in [0.29, 0.717) is 17.9 Å². The van der Waals surface area contributed by atoms with Crippen LogP contribution in [0.3, 0.4) is 0 Å². The number of hydrogen-bond donors (Lipinski definition) is 2. The highest BCUT2D eigenvalue weighted by molar-refractivity contribution is 7.99. The molecule has 7 heteroatoms. The molecule has 2 aromatic rings. The van der Waals surface area contributed by atoms with E-state index in [-0.39, 0.29) is 12.3 Å². The van der Waals surface area contributed by atoms with Crippen molar-refractivity contribution in [1.82, 2.24) is 10.2 Å². The van der Waals surface area contributed by atoms with Crippen LogP contribution in [0, 0.1) is 5.92 Å². The Kier molecular flexibility index (Phi) is 8.12.